The van der Waals surface area contributed by atoms with E-state index in [0.29, 0.717) is 18.4 Å². The molecule has 21 N–H and O–H groups in total. The first-order valence-corrected chi connectivity index (χ1v) is 41.5. The summed E-state index contributed by atoms with van der Waals surface area (Å²) in [4.78, 5) is 122. The number of hydrogen-bond donors (Lipinski definition) is 19. The van der Waals surface area contributed by atoms with Gasteiger partial charge in [-0.25, -0.2) is 0 Å². The summed E-state index contributed by atoms with van der Waals surface area (Å²) in [6.07, 6.45) is 2.45. The highest BCUT2D eigenvalue weighted by molar-refractivity contribution is 6.32. The van der Waals surface area contributed by atoms with Crippen molar-refractivity contribution in [2.24, 2.45) is 41.1 Å². The van der Waals surface area contributed by atoms with Gasteiger partial charge in [0.2, 0.25) is 65.1 Å². The number of amides is 8. The molecule has 33 heteroatoms. The quantitative estimate of drug-likeness (QED) is 0.0250. The molecule has 0 radical (unpaired) electrons. The van der Waals surface area contributed by atoms with E-state index in [1.54, 1.807) is 0 Å². The van der Waals surface area contributed by atoms with Crippen molar-refractivity contribution >= 4 is 70.5 Å². The van der Waals surface area contributed by atoms with Crippen LogP contribution in [0.1, 0.15) is 211 Å². The molecule has 5 aliphatic carbocycles. The van der Waals surface area contributed by atoms with Crippen molar-refractivity contribution in [3.8, 4) is 45.6 Å². The summed E-state index contributed by atoms with van der Waals surface area (Å²) in [5.41, 5.74) is 10.3. The van der Waals surface area contributed by atoms with Gasteiger partial charge in [0.1, 0.15) is 90.1 Å². The molecule has 16 rings (SSSR count). The first-order chi connectivity index (χ1) is 55.9. The van der Waals surface area contributed by atoms with Gasteiger partial charge in [0.05, 0.1) is 22.5 Å². The summed E-state index contributed by atoms with van der Waals surface area (Å²) in [5, 5.41) is 122. The highest BCUT2D eigenvalue weighted by Crippen LogP contribution is 2.57. The molecule has 31 nitrogen and oxygen atoms in total. The number of phenols is 1. The van der Waals surface area contributed by atoms with Crippen LogP contribution in [0.3, 0.4) is 0 Å². The lowest BCUT2D eigenvalue weighted by Gasteiger charge is -2.54. The number of carbonyl (C=O) groups excluding carboxylic acids is 8. The number of fused-ring (bicyclic) bond motifs is 12. The number of rotatable bonds is 26. The van der Waals surface area contributed by atoms with Crippen LogP contribution in [0.15, 0.2) is 72.8 Å². The number of unbranched alkanes of at least 4 members (excludes halogenated alkanes) is 10. The standard InChI is InChI=1S/C84H107Cl2N11O20/c1-5-6-7-8-9-10-11-12-13-14-15-22-90-37-49-55(98)34-48-62-47-29-41(16-19-50(47)84(112,113)63(49)62)65-78(107)97-69(82(111)95-67(48)80(109)92-64-44-25-39-24-40(27-44)28-45(64)26-39)71(101)43-18-21-57(52(86)31-43)115-59-33-46-32-58(75(59)117-83-74(104)73(103)72(102)60(36-87)116-83)114-56-20-17-42(30-51(56)85)70(100)68(96-76(105)53(89-4)23-38(2)3)81(110)91-54(35-61(88)99)77(106)93-66(46)79(108)94-65/h16-21,29-34,38-40,44-45,53-54,60,64-74,83,89-90,98,100-104,112-113H,5-15,22-28,35-37,87H2,1-4H3,(H2,88,99)(H,91,110)(H,92,109)(H,93,106)(H,94,108)(H,95,111)(H,96,105)(H,97,107)/t39?,40?,44?,45?,53-,54+,60-,64?,65-,66-,67+,68-,69+,70-,71-,72-,73+,74-,83+/m1/s1. The Labute approximate surface area is 687 Å². The number of halogens is 2. The Morgan fingerprint density at radius 2 is 1.22 bits per heavy atom. The van der Waals surface area contributed by atoms with Crippen LogP contribution in [0.2, 0.25) is 10.0 Å². The van der Waals surface area contributed by atoms with Crippen LogP contribution in [0.4, 0.5) is 0 Å². The van der Waals surface area contributed by atoms with Gasteiger partial charge in [0, 0.05) is 35.8 Å². The summed E-state index contributed by atoms with van der Waals surface area (Å²) >= 11 is 14.3. The molecular formula is C84H107Cl2N11O20. The molecule has 0 unspecified atom stereocenters. The van der Waals surface area contributed by atoms with Gasteiger partial charge in [-0.05, 0) is 176 Å². The van der Waals surface area contributed by atoms with E-state index in [9.17, 15) is 50.4 Å². The number of aromatic hydroxyl groups is 1. The zero-order valence-electron chi connectivity index (χ0n) is 65.7. The second-order valence-corrected chi connectivity index (χ2v) is 33.9. The molecule has 6 aliphatic heterocycles. The fourth-order valence-electron chi connectivity index (χ4n) is 18.4. The van der Waals surface area contributed by atoms with Gasteiger partial charge in [-0.1, -0.05) is 132 Å². The highest BCUT2D eigenvalue weighted by Gasteiger charge is 2.53. The molecule has 5 fully saturated rings. The lowest BCUT2D eigenvalue weighted by Crippen LogP contribution is -2.60. The predicted octanol–water partition coefficient (Wildman–Crippen LogP) is 5.18. The van der Waals surface area contributed by atoms with Crippen molar-refractivity contribution in [1.82, 2.24) is 47.9 Å². The minimum atomic E-state index is -3.00. The SMILES string of the molecule is CCCCCCCCCCCCCNCc1c(O)cc2c3c1C(O)(O)c1ccc(cc1-3)[C@H]1NC(=O)[C@@H]3NC(=O)[C@H](CC(N)=O)NC(=O)[C@H](NC(=O)[C@@H](CC(C)C)NC)[C@H](O)c4ccc(c(Cl)c4)Oc4cc3cc(c4O[C@@H]3O[C@H](CN)[C@@H](O)[C@H](O)[C@H]3O)Oc3ccc(cc3Cl)[C@@H](O)[C@H](NC1=O)C(=O)N[C@@H]2C(=O)NC1C2CC3CC(C2)CC1C3. The van der Waals surface area contributed by atoms with E-state index in [1.807, 2.05) is 13.8 Å². The minimum absolute atomic E-state index is 0.0129. The molecule has 5 aromatic rings. The Morgan fingerprint density at radius 1 is 0.641 bits per heavy atom. The summed E-state index contributed by atoms with van der Waals surface area (Å²) in [7, 11) is 1.50. The predicted molar refractivity (Wildman–Crippen MR) is 426 cm³/mol. The maximum absolute atomic E-state index is 16.4. The number of carbonyl (C=O) groups is 8. The number of aliphatic hydroxyl groups excluding tert-OH is 5. The van der Waals surface area contributed by atoms with Gasteiger partial charge in [0.25, 0.3) is 0 Å². The molecule has 4 saturated carbocycles. The third-order valence-electron chi connectivity index (χ3n) is 24.3. The molecule has 14 atom stereocenters. The molecule has 117 heavy (non-hydrogen) atoms. The van der Waals surface area contributed by atoms with E-state index in [0.717, 1.165) is 76.3 Å². The van der Waals surface area contributed by atoms with Crippen molar-refractivity contribution in [1.29, 1.82) is 0 Å². The molecular weight excluding hydrogens is 1550 g/mol. The number of hydrogen-bond acceptors (Lipinski definition) is 23. The Balaban J connectivity index is 0.973. The Morgan fingerprint density at radius 3 is 1.81 bits per heavy atom. The van der Waals surface area contributed by atoms with E-state index in [4.69, 9.17) is 53.6 Å². The van der Waals surface area contributed by atoms with Crippen LogP contribution in [0.5, 0.6) is 34.5 Å². The average molecular weight is 1660 g/mol. The third kappa shape index (κ3) is 18.5. The molecule has 0 aromatic heterocycles. The lowest BCUT2D eigenvalue weighted by molar-refractivity contribution is -0.270. The highest BCUT2D eigenvalue weighted by atomic mass is 35.5. The summed E-state index contributed by atoms with van der Waals surface area (Å²) in [6.45, 7) is 5.76. The normalized spacial score (nSPS) is 28.5. The average Bonchev–Trinajstić information content (AvgIpc) is 1.55. The van der Waals surface area contributed by atoms with E-state index in [1.165, 1.54) is 106 Å². The number of phenolic OH excluding ortho intramolecular Hbond substituents is 1. The number of nitrogens with two attached hydrogens (primary N) is 2. The Bertz CT molecular complexity index is 4540. The maximum Gasteiger partial charge on any atom is 0.248 e. The van der Waals surface area contributed by atoms with E-state index >= 15 is 28.8 Å². The lowest BCUT2D eigenvalue weighted by atomic mass is 9.54. The monoisotopic (exact) mass is 1660 g/mol. The van der Waals surface area contributed by atoms with Gasteiger partial charge < -0.3 is 119 Å². The first kappa shape index (κ1) is 86.1. The summed E-state index contributed by atoms with van der Waals surface area (Å²) < 4.78 is 25.7. The summed E-state index contributed by atoms with van der Waals surface area (Å²) in [5.74, 6) is -13.9. The van der Waals surface area contributed by atoms with Crippen molar-refractivity contribution in [3.63, 3.8) is 0 Å². The smallest absolute Gasteiger partial charge is 0.248 e. The van der Waals surface area contributed by atoms with Gasteiger partial charge in [-0.3, -0.25) is 38.4 Å². The topological polar surface area (TPSA) is 496 Å². The minimum Gasteiger partial charge on any atom is -0.508 e. The molecule has 15 bridgehead atoms. The van der Waals surface area contributed by atoms with Gasteiger partial charge >= 0.3 is 0 Å². The molecule has 0 spiro atoms. The second kappa shape index (κ2) is 36.8. The maximum atomic E-state index is 16.4. The van der Waals surface area contributed by atoms with Crippen molar-refractivity contribution in [3.05, 3.63) is 127 Å². The van der Waals surface area contributed by atoms with Gasteiger partial charge in [-0.2, -0.15) is 0 Å². The van der Waals surface area contributed by atoms with E-state index in [2.05, 4.69) is 54.8 Å². The number of likely N-dealkylation sites (N-methyl/N-ethyl adjacent to an activating group) is 1. The fourth-order valence-corrected chi connectivity index (χ4v) is 18.9. The van der Waals surface area contributed by atoms with Crippen molar-refractivity contribution in [2.45, 2.75) is 240 Å². The number of benzene rings is 5. The molecule has 632 valence electrons. The van der Waals surface area contributed by atoms with Crippen molar-refractivity contribution in [2.75, 3.05) is 20.1 Å². The molecule has 8 amide bonds. The zero-order chi connectivity index (χ0) is 83.6. The first-order valence-electron chi connectivity index (χ1n) is 40.8. The van der Waals surface area contributed by atoms with Crippen molar-refractivity contribution < 1.29 is 98.2 Å². The Hall–Kier alpha value is -8.80. The van der Waals surface area contributed by atoms with Crippen LogP contribution >= 0.6 is 23.2 Å². The number of ether oxygens (including phenoxy) is 4. The van der Waals surface area contributed by atoms with Crippen LogP contribution < -0.4 is 73.5 Å². The Kier molecular flexibility index (Phi) is 27.1. The summed E-state index contributed by atoms with van der Waals surface area (Å²) in [6, 6.07) is 0.886. The molecule has 11 aliphatic rings. The fraction of sp³-hybridized carbons (Fsp3) is 0.548. The third-order valence-corrected chi connectivity index (χ3v) is 24.9. The van der Waals surface area contributed by atoms with E-state index < -0.39 is 180 Å². The molecule has 5 aromatic carbocycles. The van der Waals surface area contributed by atoms with Crippen LogP contribution in [-0.4, -0.2) is 169 Å². The van der Waals surface area contributed by atoms with E-state index in [-0.39, 0.29) is 108 Å². The molecule has 1 saturated heterocycles. The largest absolute Gasteiger partial charge is 0.508 e. The van der Waals surface area contributed by atoms with Crippen LogP contribution in [-0.2, 0) is 55.4 Å². The van der Waals surface area contributed by atoms with Gasteiger partial charge in [-0.15, -0.1) is 0 Å². The zero-order valence-corrected chi connectivity index (χ0v) is 67.2. The second-order valence-electron chi connectivity index (χ2n) is 33.1. The molecule has 6 heterocycles. The van der Waals surface area contributed by atoms with Crippen LogP contribution in [0.25, 0.3) is 11.1 Å². The number of aliphatic hydroxyl groups is 7. The number of nitrogens with one attached hydrogen (secondary N) is 9. The van der Waals surface area contributed by atoms with Gasteiger partial charge in [0.15, 0.2) is 11.5 Å². The van der Waals surface area contributed by atoms with Crippen LogP contribution in [0, 0.1) is 29.6 Å². The number of primary amides is 1.